The monoisotopic (exact) mass is 215 g/mol. The van der Waals surface area contributed by atoms with E-state index in [-0.39, 0.29) is 18.1 Å². The zero-order chi connectivity index (χ0) is 11.5. The molecule has 0 amide bonds. The minimum atomic E-state index is 0.185. The molecule has 0 aromatic heterocycles. The number of methoxy groups -OCH3 is 1. The third-order valence-corrected chi connectivity index (χ3v) is 4.15. The molecule has 0 unspecified atom stereocenters. The van der Waals surface area contributed by atoms with Gasteiger partial charge >= 0.3 is 0 Å². The lowest BCUT2D eigenvalue weighted by atomic mass is 9.58. The summed E-state index contributed by atoms with van der Waals surface area (Å²) in [6.07, 6.45) is 3.73. The van der Waals surface area contributed by atoms with Crippen molar-refractivity contribution in [2.75, 3.05) is 13.7 Å². The Morgan fingerprint density at radius 3 is 2.47 bits per heavy atom. The summed E-state index contributed by atoms with van der Waals surface area (Å²) in [5.41, 5.74) is 0.276. The van der Waals surface area contributed by atoms with Crippen LogP contribution in [0.1, 0.15) is 40.0 Å². The number of nitrogens with one attached hydrogen (secondary N) is 1. The van der Waals surface area contributed by atoms with E-state index < -0.39 is 0 Å². The molecule has 1 fully saturated rings. The number of rotatable bonds is 6. The first-order valence-corrected chi connectivity index (χ1v) is 6.04. The molecule has 0 saturated heterocycles. The van der Waals surface area contributed by atoms with Crippen LogP contribution in [0.3, 0.4) is 0 Å². The van der Waals surface area contributed by atoms with E-state index in [0.29, 0.717) is 12.1 Å². The fourth-order valence-corrected chi connectivity index (χ4v) is 2.91. The normalized spacial score (nSPS) is 31.0. The number of hydrogen-bond donors (Lipinski definition) is 2. The molecule has 1 saturated carbocycles. The van der Waals surface area contributed by atoms with E-state index in [1.807, 2.05) is 6.92 Å². The van der Waals surface area contributed by atoms with Crippen molar-refractivity contribution in [3.05, 3.63) is 0 Å². The van der Waals surface area contributed by atoms with E-state index in [9.17, 15) is 0 Å². The summed E-state index contributed by atoms with van der Waals surface area (Å²) in [4.78, 5) is 0. The summed E-state index contributed by atoms with van der Waals surface area (Å²) in [6.45, 7) is 6.69. The molecule has 0 bridgehead atoms. The molecule has 3 nitrogen and oxygen atoms in total. The van der Waals surface area contributed by atoms with Crippen LogP contribution in [0, 0.1) is 5.41 Å². The van der Waals surface area contributed by atoms with E-state index in [1.54, 1.807) is 7.11 Å². The van der Waals surface area contributed by atoms with E-state index in [1.165, 1.54) is 0 Å². The van der Waals surface area contributed by atoms with Crippen LogP contribution < -0.4 is 5.32 Å². The van der Waals surface area contributed by atoms with Gasteiger partial charge in [0.05, 0.1) is 12.7 Å². The molecule has 3 atom stereocenters. The van der Waals surface area contributed by atoms with Crippen molar-refractivity contribution >= 4 is 0 Å². The molecular weight excluding hydrogens is 190 g/mol. The zero-order valence-electron chi connectivity index (χ0n) is 10.4. The van der Waals surface area contributed by atoms with E-state index >= 15 is 0 Å². The van der Waals surface area contributed by atoms with Gasteiger partial charge in [0, 0.05) is 24.6 Å². The van der Waals surface area contributed by atoms with Gasteiger partial charge in [-0.25, -0.2) is 0 Å². The first-order valence-electron chi connectivity index (χ1n) is 6.04. The third-order valence-electron chi connectivity index (χ3n) is 4.15. The van der Waals surface area contributed by atoms with Gasteiger partial charge in [-0.1, -0.05) is 13.8 Å². The Morgan fingerprint density at radius 2 is 2.07 bits per heavy atom. The average molecular weight is 215 g/mol. The molecule has 1 rings (SSSR count). The SMILES string of the molecule is CCC1(CC)[C@H](N[C@H](C)CO)C[C@H]1OC. The van der Waals surface area contributed by atoms with Crippen molar-refractivity contribution in [1.29, 1.82) is 0 Å². The number of ether oxygens (including phenoxy) is 1. The van der Waals surface area contributed by atoms with E-state index in [4.69, 9.17) is 9.84 Å². The summed E-state index contributed by atoms with van der Waals surface area (Å²) in [6, 6.07) is 0.685. The predicted molar refractivity (Wildman–Crippen MR) is 61.9 cm³/mol. The molecule has 0 spiro atoms. The average Bonchev–Trinajstić information content (AvgIpc) is 2.25. The highest BCUT2D eigenvalue weighted by Gasteiger charge is 2.52. The second kappa shape index (κ2) is 5.28. The van der Waals surface area contributed by atoms with Crippen molar-refractivity contribution in [2.24, 2.45) is 5.41 Å². The smallest absolute Gasteiger partial charge is 0.0657 e. The molecule has 0 aromatic carbocycles. The molecule has 1 aliphatic carbocycles. The van der Waals surface area contributed by atoms with Crippen LogP contribution in [0.15, 0.2) is 0 Å². The summed E-state index contributed by atoms with van der Waals surface area (Å²) in [5.74, 6) is 0. The van der Waals surface area contributed by atoms with Gasteiger partial charge in [0.15, 0.2) is 0 Å². The number of aliphatic hydroxyl groups excluding tert-OH is 1. The first-order chi connectivity index (χ1) is 7.14. The van der Waals surface area contributed by atoms with Crippen LogP contribution in [-0.4, -0.2) is 37.0 Å². The van der Waals surface area contributed by atoms with Crippen LogP contribution in [-0.2, 0) is 4.74 Å². The van der Waals surface area contributed by atoms with E-state index in [0.717, 1.165) is 19.3 Å². The summed E-state index contributed by atoms with van der Waals surface area (Å²) >= 11 is 0. The van der Waals surface area contributed by atoms with Crippen LogP contribution in [0.25, 0.3) is 0 Å². The number of hydrogen-bond acceptors (Lipinski definition) is 3. The van der Waals surface area contributed by atoms with Crippen LogP contribution in [0.5, 0.6) is 0 Å². The lowest BCUT2D eigenvalue weighted by Crippen LogP contribution is -2.64. The van der Waals surface area contributed by atoms with Gasteiger partial charge in [-0.3, -0.25) is 0 Å². The van der Waals surface area contributed by atoms with Gasteiger partial charge < -0.3 is 15.2 Å². The van der Waals surface area contributed by atoms with Crippen LogP contribution in [0.4, 0.5) is 0 Å². The first kappa shape index (κ1) is 12.9. The van der Waals surface area contributed by atoms with Crippen LogP contribution >= 0.6 is 0 Å². The maximum Gasteiger partial charge on any atom is 0.0657 e. The van der Waals surface area contributed by atoms with Gasteiger partial charge in [0.25, 0.3) is 0 Å². The molecule has 0 radical (unpaired) electrons. The fourth-order valence-electron chi connectivity index (χ4n) is 2.91. The summed E-state index contributed by atoms with van der Waals surface area (Å²) in [7, 11) is 1.80. The Labute approximate surface area is 93.2 Å². The summed E-state index contributed by atoms with van der Waals surface area (Å²) in [5, 5.41) is 12.5. The molecule has 0 aromatic rings. The summed E-state index contributed by atoms with van der Waals surface area (Å²) < 4.78 is 5.53. The Balaban J connectivity index is 2.60. The van der Waals surface area contributed by atoms with Crippen molar-refractivity contribution in [3.8, 4) is 0 Å². The maximum atomic E-state index is 9.05. The second-order valence-corrected chi connectivity index (χ2v) is 4.70. The highest BCUT2D eigenvalue weighted by Crippen LogP contribution is 2.48. The molecular formula is C12H25NO2. The lowest BCUT2D eigenvalue weighted by molar-refractivity contribution is -0.126. The van der Waals surface area contributed by atoms with Gasteiger partial charge in [-0.05, 0) is 26.2 Å². The Morgan fingerprint density at radius 1 is 1.47 bits per heavy atom. The second-order valence-electron chi connectivity index (χ2n) is 4.70. The lowest BCUT2D eigenvalue weighted by Gasteiger charge is -2.56. The maximum absolute atomic E-state index is 9.05. The quantitative estimate of drug-likeness (QED) is 0.706. The Kier molecular flexibility index (Phi) is 4.56. The molecule has 90 valence electrons. The largest absolute Gasteiger partial charge is 0.395 e. The van der Waals surface area contributed by atoms with Crippen molar-refractivity contribution in [3.63, 3.8) is 0 Å². The Hall–Kier alpha value is -0.120. The molecule has 2 N–H and O–H groups in total. The minimum Gasteiger partial charge on any atom is -0.395 e. The van der Waals surface area contributed by atoms with Gasteiger partial charge in [0.2, 0.25) is 0 Å². The standard InChI is InChI=1S/C12H25NO2/c1-5-12(6-2)10(7-11(12)15-4)13-9(3)8-14/h9-11,13-14H,5-8H2,1-4H3/t9-,10-,11-/m1/s1. The Bertz CT molecular complexity index is 192. The minimum absolute atomic E-state index is 0.185. The van der Waals surface area contributed by atoms with Crippen molar-refractivity contribution in [2.45, 2.75) is 58.2 Å². The topological polar surface area (TPSA) is 41.5 Å². The zero-order valence-corrected chi connectivity index (χ0v) is 10.4. The molecule has 1 aliphatic rings. The third kappa shape index (κ3) is 2.19. The predicted octanol–water partition coefficient (Wildman–Crippen LogP) is 1.55. The van der Waals surface area contributed by atoms with Gasteiger partial charge in [-0.2, -0.15) is 0 Å². The van der Waals surface area contributed by atoms with Crippen molar-refractivity contribution in [1.82, 2.24) is 5.32 Å². The number of aliphatic hydroxyl groups is 1. The van der Waals surface area contributed by atoms with Crippen molar-refractivity contribution < 1.29 is 9.84 Å². The molecule has 3 heteroatoms. The fraction of sp³-hybridized carbons (Fsp3) is 1.00. The molecule has 15 heavy (non-hydrogen) atoms. The van der Waals surface area contributed by atoms with E-state index in [2.05, 4.69) is 19.2 Å². The van der Waals surface area contributed by atoms with Gasteiger partial charge in [0.1, 0.15) is 0 Å². The van der Waals surface area contributed by atoms with Crippen LogP contribution in [0.2, 0.25) is 0 Å². The van der Waals surface area contributed by atoms with Gasteiger partial charge in [-0.15, -0.1) is 0 Å². The molecule has 0 aliphatic heterocycles. The molecule has 0 heterocycles. The highest BCUT2D eigenvalue weighted by atomic mass is 16.5. The highest BCUT2D eigenvalue weighted by molar-refractivity contribution is 5.07.